The van der Waals surface area contributed by atoms with Crippen molar-refractivity contribution in [2.75, 3.05) is 35.0 Å². The van der Waals surface area contributed by atoms with Crippen LogP contribution in [0.4, 0.5) is 0 Å². The van der Waals surface area contributed by atoms with Gasteiger partial charge in [0.15, 0.2) is 17.8 Å². The summed E-state index contributed by atoms with van der Waals surface area (Å²) in [6, 6.07) is 10.5. The zero-order valence-corrected chi connectivity index (χ0v) is 22.4. The molecule has 7 nitrogen and oxygen atoms in total. The largest absolute Gasteiger partial charge is 0.493 e. The fraction of sp³-hybridized carbons (Fsp3) is 0.556. The first-order chi connectivity index (χ1) is 16.9. The monoisotopic (exact) mass is 505 g/mol. The summed E-state index contributed by atoms with van der Waals surface area (Å²) in [5.74, 6) is 1.33. The van der Waals surface area contributed by atoms with Gasteiger partial charge in [0.2, 0.25) is 10.0 Å². The summed E-state index contributed by atoms with van der Waals surface area (Å²) in [5, 5.41) is 0. The Kier molecular flexibility index (Phi) is 9.98. The highest BCUT2D eigenvalue weighted by molar-refractivity contribution is 7.89. The van der Waals surface area contributed by atoms with E-state index in [0.717, 1.165) is 55.2 Å². The first-order valence-corrected chi connectivity index (χ1v) is 13.7. The first kappa shape index (κ1) is 27.5. The molecule has 0 saturated carbocycles. The average Bonchev–Trinajstić information content (AvgIpc) is 2.87. The number of rotatable bonds is 9. The van der Waals surface area contributed by atoms with E-state index in [4.69, 9.17) is 18.9 Å². The van der Waals surface area contributed by atoms with Crippen LogP contribution >= 0.6 is 0 Å². The highest BCUT2D eigenvalue weighted by Crippen LogP contribution is 2.42. The number of hydrogen-bond donors (Lipinski definition) is 0. The molecule has 0 heterocycles. The van der Waals surface area contributed by atoms with E-state index in [2.05, 4.69) is 0 Å². The predicted octanol–water partition coefficient (Wildman–Crippen LogP) is 5.26. The Labute approximate surface area is 210 Å². The smallest absolute Gasteiger partial charge is 0.243 e. The second-order valence-corrected chi connectivity index (χ2v) is 10.9. The van der Waals surface area contributed by atoms with Crippen molar-refractivity contribution >= 4 is 10.0 Å². The molecule has 2 aromatic carbocycles. The summed E-state index contributed by atoms with van der Waals surface area (Å²) in [6.07, 6.45) is 6.03. The van der Waals surface area contributed by atoms with Crippen molar-refractivity contribution < 1.29 is 27.4 Å². The second kappa shape index (κ2) is 12.7. The Balaban J connectivity index is 2.21. The normalized spacial score (nSPS) is 17.3. The Morgan fingerprint density at radius 3 is 2.17 bits per heavy atom. The molecule has 0 N–H and O–H groups in total. The van der Waals surface area contributed by atoms with E-state index in [1.807, 2.05) is 31.2 Å². The summed E-state index contributed by atoms with van der Waals surface area (Å²) < 4.78 is 52.1. The fourth-order valence-electron chi connectivity index (χ4n) is 4.83. The van der Waals surface area contributed by atoms with Gasteiger partial charge in [-0.05, 0) is 49.9 Å². The van der Waals surface area contributed by atoms with Gasteiger partial charge >= 0.3 is 0 Å². The molecule has 194 valence electrons. The molecule has 0 aromatic heterocycles. The Bertz CT molecular complexity index is 1050. The van der Waals surface area contributed by atoms with Crippen LogP contribution in [0.25, 0.3) is 0 Å². The van der Waals surface area contributed by atoms with E-state index >= 15 is 0 Å². The van der Waals surface area contributed by atoms with Crippen molar-refractivity contribution in [1.82, 2.24) is 4.31 Å². The van der Waals surface area contributed by atoms with Gasteiger partial charge in [0.05, 0.1) is 31.7 Å². The Hall–Kier alpha value is -2.13. The molecule has 3 rings (SSSR count). The molecule has 0 spiro atoms. The molecule has 35 heavy (non-hydrogen) atoms. The third-order valence-corrected chi connectivity index (χ3v) is 8.67. The standard InChI is InChI=1S/C27H39NO6S/c1-20-13-15-21(16-14-20)35(29,30)28(19-26(32-3)33-4)24-12-10-8-6-7-9-11-23-22(24)17-18-25(31-2)27(23)34-5/h13-18,24,26H,6-12,19H2,1-5H3. The van der Waals surface area contributed by atoms with Crippen LogP contribution in [0, 0.1) is 6.92 Å². The minimum Gasteiger partial charge on any atom is -0.493 e. The third kappa shape index (κ3) is 6.36. The van der Waals surface area contributed by atoms with Crippen molar-refractivity contribution in [1.29, 1.82) is 0 Å². The van der Waals surface area contributed by atoms with Crippen molar-refractivity contribution in [2.45, 2.75) is 69.1 Å². The maximum atomic E-state index is 14.1. The van der Waals surface area contributed by atoms with E-state index in [-0.39, 0.29) is 11.4 Å². The van der Waals surface area contributed by atoms with Crippen molar-refractivity contribution in [3.63, 3.8) is 0 Å². The minimum absolute atomic E-state index is 0.0711. The average molecular weight is 506 g/mol. The predicted molar refractivity (Wildman–Crippen MR) is 137 cm³/mol. The fourth-order valence-corrected chi connectivity index (χ4v) is 6.45. The summed E-state index contributed by atoms with van der Waals surface area (Å²) in [6.45, 7) is 2.01. The molecule has 0 fully saturated rings. The molecule has 0 aliphatic heterocycles. The van der Waals surface area contributed by atoms with E-state index in [0.29, 0.717) is 17.9 Å². The van der Waals surface area contributed by atoms with Crippen LogP contribution < -0.4 is 9.47 Å². The zero-order valence-electron chi connectivity index (χ0n) is 21.6. The molecule has 1 aliphatic rings. The van der Waals surface area contributed by atoms with Crippen LogP contribution in [0.15, 0.2) is 41.3 Å². The molecular weight excluding hydrogens is 466 g/mol. The van der Waals surface area contributed by atoms with E-state index in [1.165, 1.54) is 14.2 Å². The van der Waals surface area contributed by atoms with E-state index in [1.54, 1.807) is 30.7 Å². The second-order valence-electron chi connectivity index (χ2n) is 8.98. The van der Waals surface area contributed by atoms with Gasteiger partial charge in [-0.15, -0.1) is 0 Å². The number of nitrogens with zero attached hydrogens (tertiary/aromatic N) is 1. The van der Waals surface area contributed by atoms with Gasteiger partial charge in [-0.1, -0.05) is 49.4 Å². The maximum absolute atomic E-state index is 14.1. The molecule has 1 unspecified atom stereocenters. The van der Waals surface area contributed by atoms with Crippen molar-refractivity contribution in [2.24, 2.45) is 0 Å². The molecule has 0 bridgehead atoms. The van der Waals surface area contributed by atoms with Crippen LogP contribution in [0.2, 0.25) is 0 Å². The summed E-state index contributed by atoms with van der Waals surface area (Å²) in [7, 11) is 2.46. The molecule has 0 radical (unpaired) electrons. The van der Waals surface area contributed by atoms with Gasteiger partial charge in [0, 0.05) is 19.8 Å². The van der Waals surface area contributed by atoms with Crippen LogP contribution in [0.1, 0.15) is 61.3 Å². The number of ether oxygens (including phenoxy) is 4. The first-order valence-electron chi connectivity index (χ1n) is 12.2. The van der Waals surface area contributed by atoms with Crippen molar-refractivity contribution in [3.8, 4) is 11.5 Å². The van der Waals surface area contributed by atoms with Crippen LogP contribution in [0.3, 0.4) is 0 Å². The number of methoxy groups -OCH3 is 4. The van der Waals surface area contributed by atoms with Gasteiger partial charge in [-0.25, -0.2) is 8.42 Å². The molecule has 1 atom stereocenters. The number of sulfonamides is 1. The van der Waals surface area contributed by atoms with Gasteiger partial charge in [0.1, 0.15) is 0 Å². The lowest BCUT2D eigenvalue weighted by Gasteiger charge is -2.35. The lowest BCUT2D eigenvalue weighted by molar-refractivity contribution is -0.111. The molecule has 0 saturated heterocycles. The van der Waals surface area contributed by atoms with Gasteiger partial charge in [0.25, 0.3) is 0 Å². The number of fused-ring (bicyclic) bond motifs is 1. The van der Waals surface area contributed by atoms with E-state index < -0.39 is 22.4 Å². The minimum atomic E-state index is -3.86. The zero-order chi connectivity index (χ0) is 25.4. The van der Waals surface area contributed by atoms with Gasteiger partial charge < -0.3 is 18.9 Å². The van der Waals surface area contributed by atoms with Crippen LogP contribution in [0.5, 0.6) is 11.5 Å². The van der Waals surface area contributed by atoms with E-state index in [9.17, 15) is 8.42 Å². The molecule has 1 aliphatic carbocycles. The van der Waals surface area contributed by atoms with Crippen molar-refractivity contribution in [3.05, 3.63) is 53.1 Å². The molecule has 0 amide bonds. The number of benzene rings is 2. The molecular formula is C27H39NO6S. The quantitative estimate of drug-likeness (QED) is 0.433. The lowest BCUT2D eigenvalue weighted by atomic mass is 9.90. The Morgan fingerprint density at radius 1 is 0.886 bits per heavy atom. The van der Waals surface area contributed by atoms with Gasteiger partial charge in [-0.3, -0.25) is 0 Å². The van der Waals surface area contributed by atoms with Crippen LogP contribution in [-0.2, 0) is 25.9 Å². The Morgan fingerprint density at radius 2 is 1.54 bits per heavy atom. The maximum Gasteiger partial charge on any atom is 0.243 e. The topological polar surface area (TPSA) is 74.3 Å². The molecule has 8 heteroatoms. The number of hydrogen-bond acceptors (Lipinski definition) is 6. The highest BCUT2D eigenvalue weighted by atomic mass is 32.2. The van der Waals surface area contributed by atoms with Crippen LogP contribution in [-0.4, -0.2) is 54.0 Å². The summed E-state index contributed by atoms with van der Waals surface area (Å²) in [5.41, 5.74) is 2.96. The lowest BCUT2D eigenvalue weighted by Crippen LogP contribution is -2.42. The summed E-state index contributed by atoms with van der Waals surface area (Å²) in [4.78, 5) is 0.258. The number of aryl methyl sites for hydroxylation is 1. The highest BCUT2D eigenvalue weighted by Gasteiger charge is 2.36. The third-order valence-electron chi connectivity index (χ3n) is 6.78. The van der Waals surface area contributed by atoms with Gasteiger partial charge in [-0.2, -0.15) is 4.31 Å². The molecule has 2 aromatic rings. The SMILES string of the molecule is COc1ccc2c(c1OC)CCCCCCCC2N(CC(OC)OC)S(=O)(=O)c1ccc(C)cc1. The summed E-state index contributed by atoms with van der Waals surface area (Å²) >= 11 is 0.